The summed E-state index contributed by atoms with van der Waals surface area (Å²) in [5.41, 5.74) is 6.31. The Morgan fingerprint density at radius 2 is 1.91 bits per heavy atom. The van der Waals surface area contributed by atoms with E-state index in [1.807, 2.05) is 38.4 Å². The number of aldehydes is 1. The lowest BCUT2D eigenvalue weighted by molar-refractivity contribution is -0.109. The zero-order valence-electron chi connectivity index (χ0n) is 20.6. The van der Waals surface area contributed by atoms with Crippen molar-refractivity contribution < 1.29 is 18.4 Å². The van der Waals surface area contributed by atoms with E-state index in [-0.39, 0.29) is 11.9 Å². The molecule has 34 heavy (non-hydrogen) atoms. The lowest BCUT2D eigenvalue weighted by Gasteiger charge is -2.25. The number of hydrogen-bond acceptors (Lipinski definition) is 8. The summed E-state index contributed by atoms with van der Waals surface area (Å²) in [5.74, 6) is 0.779. The van der Waals surface area contributed by atoms with E-state index in [0.717, 1.165) is 41.6 Å². The van der Waals surface area contributed by atoms with Crippen LogP contribution in [-0.2, 0) is 4.79 Å². The molecule has 0 spiro atoms. The number of furan rings is 1. The van der Waals surface area contributed by atoms with Gasteiger partial charge in [-0.25, -0.2) is 4.39 Å². The second kappa shape index (κ2) is 11.7. The topological polar surface area (TPSA) is 61.2 Å². The summed E-state index contributed by atoms with van der Waals surface area (Å²) in [6.45, 7) is 4.07. The van der Waals surface area contributed by atoms with Gasteiger partial charge in [0.2, 0.25) is 5.75 Å². The van der Waals surface area contributed by atoms with Crippen molar-refractivity contribution in [3.05, 3.63) is 47.8 Å². The van der Waals surface area contributed by atoms with Gasteiger partial charge in [-0.05, 0) is 64.0 Å². The van der Waals surface area contributed by atoms with Crippen LogP contribution in [-0.4, -0.2) is 70.2 Å². The third-order valence-corrected chi connectivity index (χ3v) is 6.31. The Morgan fingerprint density at radius 1 is 1.24 bits per heavy atom. The van der Waals surface area contributed by atoms with Crippen LogP contribution in [0.2, 0.25) is 0 Å². The van der Waals surface area contributed by atoms with Crippen LogP contribution < -0.4 is 14.6 Å². The molecule has 3 aromatic rings. The van der Waals surface area contributed by atoms with Crippen LogP contribution in [0.4, 0.5) is 10.1 Å². The van der Waals surface area contributed by atoms with Gasteiger partial charge in [0.1, 0.15) is 17.7 Å². The number of nitrogens with zero attached hydrogens (tertiary/aromatic N) is 3. The summed E-state index contributed by atoms with van der Waals surface area (Å²) < 4.78 is 21.8. The number of halogens is 1. The van der Waals surface area contributed by atoms with Gasteiger partial charge in [-0.3, -0.25) is 4.90 Å². The molecule has 1 aliphatic rings. The number of benzene rings is 2. The summed E-state index contributed by atoms with van der Waals surface area (Å²) in [6, 6.07) is 10.3. The van der Waals surface area contributed by atoms with Gasteiger partial charge in [0, 0.05) is 44.1 Å². The van der Waals surface area contributed by atoms with E-state index in [4.69, 9.17) is 9.25 Å². The van der Waals surface area contributed by atoms with Gasteiger partial charge in [-0.15, -0.1) is 0 Å². The van der Waals surface area contributed by atoms with Crippen molar-refractivity contribution in [1.82, 2.24) is 15.3 Å². The van der Waals surface area contributed by atoms with Crippen LogP contribution in [0.1, 0.15) is 18.5 Å². The second-order valence-electron chi connectivity index (χ2n) is 8.44. The van der Waals surface area contributed by atoms with Crippen LogP contribution in [0.25, 0.3) is 22.3 Å². The fraction of sp³-hybridized carbons (Fsp3) is 0.400. The molecular weight excluding hydrogens is 455 g/mol. The van der Waals surface area contributed by atoms with Gasteiger partial charge in [0.25, 0.3) is 0 Å². The average molecular weight is 489 g/mol. The molecule has 1 atom stereocenters. The SMILES string of the molecule is CN(C)C.CNOc1c(-c2ccc(F)cc2)oc2cc3c(cc12)C(C)N(CC=O)CCN3SC. The van der Waals surface area contributed by atoms with Gasteiger partial charge in [0.05, 0.1) is 17.6 Å². The molecule has 184 valence electrons. The van der Waals surface area contributed by atoms with Crippen molar-refractivity contribution in [1.29, 1.82) is 0 Å². The molecule has 2 aromatic carbocycles. The molecular formula is C25H33FN4O3S. The second-order valence-corrected chi connectivity index (χ2v) is 9.25. The highest BCUT2D eigenvalue weighted by molar-refractivity contribution is 7.99. The van der Waals surface area contributed by atoms with Gasteiger partial charge in [-0.1, -0.05) is 11.9 Å². The Morgan fingerprint density at radius 3 is 2.50 bits per heavy atom. The number of anilines is 1. The molecule has 0 saturated carbocycles. The normalized spacial score (nSPS) is 16.1. The van der Waals surface area contributed by atoms with Crippen LogP contribution in [0, 0.1) is 5.82 Å². The van der Waals surface area contributed by atoms with Crippen molar-refractivity contribution >= 4 is 34.9 Å². The molecule has 1 aliphatic heterocycles. The molecule has 2 heterocycles. The molecule has 1 N–H and O–H groups in total. The van der Waals surface area contributed by atoms with Crippen LogP contribution in [0.5, 0.6) is 5.75 Å². The first-order valence-corrected chi connectivity index (χ1v) is 12.3. The first kappa shape index (κ1) is 26.0. The molecule has 0 fully saturated rings. The van der Waals surface area contributed by atoms with Crippen molar-refractivity contribution in [3.8, 4) is 17.1 Å². The lowest BCUT2D eigenvalue weighted by atomic mass is 10.0. The summed E-state index contributed by atoms with van der Waals surface area (Å²) in [4.78, 5) is 21.1. The van der Waals surface area contributed by atoms with Gasteiger partial charge in [-0.2, -0.15) is 5.48 Å². The first-order chi connectivity index (χ1) is 16.3. The molecule has 0 aliphatic carbocycles. The molecule has 0 bridgehead atoms. The fourth-order valence-electron chi connectivity index (χ4n) is 3.94. The zero-order chi connectivity index (χ0) is 24.8. The monoisotopic (exact) mass is 488 g/mol. The number of fused-ring (bicyclic) bond motifs is 2. The van der Waals surface area contributed by atoms with Gasteiger partial charge < -0.3 is 23.3 Å². The van der Waals surface area contributed by atoms with E-state index in [9.17, 15) is 9.18 Å². The van der Waals surface area contributed by atoms with E-state index in [1.165, 1.54) is 12.1 Å². The first-order valence-electron chi connectivity index (χ1n) is 11.1. The third kappa shape index (κ3) is 5.72. The van der Waals surface area contributed by atoms with Crippen molar-refractivity contribution in [2.24, 2.45) is 0 Å². The third-order valence-electron chi connectivity index (χ3n) is 5.49. The minimum atomic E-state index is -0.308. The fourth-order valence-corrected chi connectivity index (χ4v) is 4.56. The maximum absolute atomic E-state index is 13.4. The maximum atomic E-state index is 13.4. The molecule has 0 radical (unpaired) electrons. The van der Waals surface area contributed by atoms with E-state index in [1.54, 1.807) is 31.1 Å². The summed E-state index contributed by atoms with van der Waals surface area (Å²) in [5, 5.41) is 0.822. The van der Waals surface area contributed by atoms with E-state index in [2.05, 4.69) is 27.7 Å². The standard InChI is InChI=1S/C22H24FN3O3S.C3H9N/c1-14-17-12-18-20(13-19(17)26(30-3)9-8-25(14)10-11-27)28-21(22(18)29-24-2)15-4-6-16(23)7-5-15;1-4(2)3/h4-7,11-14,24H,8-10H2,1-3H3;1-3H3. The smallest absolute Gasteiger partial charge is 0.201 e. The van der Waals surface area contributed by atoms with Gasteiger partial charge >= 0.3 is 0 Å². The van der Waals surface area contributed by atoms with Crippen molar-refractivity contribution in [3.63, 3.8) is 0 Å². The Kier molecular flexibility index (Phi) is 8.96. The minimum absolute atomic E-state index is 0.0540. The number of hydroxylamine groups is 1. The Labute approximate surface area is 204 Å². The molecule has 7 nitrogen and oxygen atoms in total. The average Bonchev–Trinajstić information content (AvgIpc) is 3.09. The van der Waals surface area contributed by atoms with E-state index >= 15 is 0 Å². The summed E-state index contributed by atoms with van der Waals surface area (Å²) >= 11 is 1.64. The van der Waals surface area contributed by atoms with Crippen LogP contribution in [0.15, 0.2) is 40.8 Å². The highest BCUT2D eigenvalue weighted by Crippen LogP contribution is 2.45. The Bertz CT molecular complexity index is 1100. The maximum Gasteiger partial charge on any atom is 0.201 e. The number of carbonyl (C=O) groups is 1. The van der Waals surface area contributed by atoms with Crippen molar-refractivity contribution in [2.45, 2.75) is 13.0 Å². The molecule has 0 saturated heterocycles. The lowest BCUT2D eigenvalue weighted by Crippen LogP contribution is -2.32. The quantitative estimate of drug-likeness (QED) is 0.307. The van der Waals surface area contributed by atoms with E-state index in [0.29, 0.717) is 23.6 Å². The minimum Gasteiger partial charge on any atom is -0.452 e. The molecule has 1 unspecified atom stereocenters. The predicted molar refractivity (Wildman–Crippen MR) is 138 cm³/mol. The highest BCUT2D eigenvalue weighted by Gasteiger charge is 2.28. The molecule has 0 amide bonds. The van der Waals surface area contributed by atoms with Crippen LogP contribution >= 0.6 is 11.9 Å². The van der Waals surface area contributed by atoms with Crippen molar-refractivity contribution in [2.75, 3.05) is 58.4 Å². The van der Waals surface area contributed by atoms with Crippen LogP contribution in [0.3, 0.4) is 0 Å². The summed E-state index contributed by atoms with van der Waals surface area (Å²) in [6.07, 6.45) is 2.99. The molecule has 1 aromatic heterocycles. The predicted octanol–water partition coefficient (Wildman–Crippen LogP) is 4.59. The van der Waals surface area contributed by atoms with E-state index < -0.39 is 0 Å². The highest BCUT2D eigenvalue weighted by atomic mass is 32.2. The number of hydrogen-bond donors (Lipinski definition) is 1. The largest absolute Gasteiger partial charge is 0.452 e. The Hall–Kier alpha value is -2.59. The molecule has 9 heteroatoms. The number of rotatable bonds is 6. The number of carbonyl (C=O) groups excluding carboxylic acids is 1. The van der Waals surface area contributed by atoms with Gasteiger partial charge in [0.15, 0.2) is 5.76 Å². The number of nitrogens with one attached hydrogen (secondary N) is 1. The summed E-state index contributed by atoms with van der Waals surface area (Å²) in [7, 11) is 7.68. The Balaban J connectivity index is 0.000000751. The zero-order valence-corrected chi connectivity index (χ0v) is 21.4. The molecule has 4 rings (SSSR count).